The number of ether oxygens (including phenoxy) is 1. The number of benzene rings is 2. The largest absolute Gasteiger partial charge is 0.472 e. The Morgan fingerprint density at radius 1 is 0.848 bits per heavy atom. The van der Waals surface area contributed by atoms with E-state index >= 15 is 0 Å². The van der Waals surface area contributed by atoms with Crippen molar-refractivity contribution in [3.63, 3.8) is 0 Å². The van der Waals surface area contributed by atoms with E-state index in [1.807, 2.05) is 79.2 Å². The summed E-state index contributed by atoms with van der Waals surface area (Å²) in [6, 6.07) is 21.4. The summed E-state index contributed by atoms with van der Waals surface area (Å²) in [5.41, 5.74) is 17.1. The molecule has 8 heteroatoms. The lowest BCUT2D eigenvalue weighted by atomic mass is 10.1. The molecule has 0 aliphatic carbocycles. The topological polar surface area (TPSA) is 118 Å². The summed E-state index contributed by atoms with van der Waals surface area (Å²) in [6.45, 7) is 4.33. The zero-order valence-electron chi connectivity index (χ0n) is 18.4. The van der Waals surface area contributed by atoms with Crippen molar-refractivity contribution < 1.29 is 4.74 Å². The lowest BCUT2D eigenvalue weighted by Crippen LogP contribution is -2.05. The molecule has 0 saturated carbocycles. The number of hydrogen-bond acceptors (Lipinski definition) is 7. The highest BCUT2D eigenvalue weighted by molar-refractivity contribution is 5.86. The van der Waals surface area contributed by atoms with Gasteiger partial charge in [0, 0.05) is 11.5 Å². The Balaban J connectivity index is 1.69. The molecule has 33 heavy (non-hydrogen) atoms. The molecular weight excluding hydrogens is 414 g/mol. The van der Waals surface area contributed by atoms with Crippen LogP contribution in [0.15, 0.2) is 66.7 Å². The summed E-state index contributed by atoms with van der Waals surface area (Å²) >= 11 is 0. The van der Waals surface area contributed by atoms with Crippen molar-refractivity contribution in [3.8, 4) is 23.0 Å². The first kappa shape index (κ1) is 20.4. The summed E-state index contributed by atoms with van der Waals surface area (Å²) in [7, 11) is 0. The van der Waals surface area contributed by atoms with Crippen LogP contribution in [0.25, 0.3) is 28.1 Å². The minimum Gasteiger partial charge on any atom is -0.472 e. The van der Waals surface area contributed by atoms with E-state index in [9.17, 15) is 0 Å². The minimum atomic E-state index is 0.277. The Bertz CT molecular complexity index is 1440. The van der Waals surface area contributed by atoms with Gasteiger partial charge < -0.3 is 16.2 Å². The van der Waals surface area contributed by atoms with E-state index in [2.05, 4.69) is 9.97 Å². The smallest absolute Gasteiger partial charge is 0.227 e. The molecule has 2 aromatic carbocycles. The highest BCUT2D eigenvalue weighted by Gasteiger charge is 2.19. The van der Waals surface area contributed by atoms with Gasteiger partial charge in [0.05, 0.1) is 16.9 Å². The van der Waals surface area contributed by atoms with Crippen molar-refractivity contribution in [2.45, 2.75) is 20.5 Å². The SMILES string of the molecule is Cc1ccccc1COc1nc2c(cc1-c1nc(N)cc(N)n1)c(C)nn2-c1ccccc1. The summed E-state index contributed by atoms with van der Waals surface area (Å²) in [4.78, 5) is 13.6. The van der Waals surface area contributed by atoms with Gasteiger partial charge in [-0.1, -0.05) is 42.5 Å². The Labute approximate surface area is 190 Å². The fraction of sp³-hybridized carbons (Fsp3) is 0.120. The van der Waals surface area contributed by atoms with Crippen molar-refractivity contribution in [1.82, 2.24) is 24.7 Å². The molecule has 0 bridgehead atoms. The molecule has 0 aliphatic heterocycles. The molecule has 3 heterocycles. The van der Waals surface area contributed by atoms with Crippen molar-refractivity contribution in [2.24, 2.45) is 0 Å². The number of rotatable bonds is 5. The first-order valence-corrected chi connectivity index (χ1v) is 10.5. The third-order valence-electron chi connectivity index (χ3n) is 5.44. The zero-order chi connectivity index (χ0) is 22.9. The number of aromatic nitrogens is 5. The molecule has 5 aromatic rings. The van der Waals surface area contributed by atoms with Crippen LogP contribution in [0.3, 0.4) is 0 Å². The maximum absolute atomic E-state index is 6.23. The van der Waals surface area contributed by atoms with Gasteiger partial charge >= 0.3 is 0 Å². The van der Waals surface area contributed by atoms with Crippen LogP contribution in [0.2, 0.25) is 0 Å². The van der Waals surface area contributed by atoms with Crippen molar-refractivity contribution in [2.75, 3.05) is 11.5 Å². The molecular formula is C25H23N7O. The second-order valence-corrected chi connectivity index (χ2v) is 7.80. The number of pyridine rings is 1. The van der Waals surface area contributed by atoms with E-state index in [4.69, 9.17) is 26.3 Å². The Morgan fingerprint density at radius 3 is 2.27 bits per heavy atom. The van der Waals surface area contributed by atoms with Crippen molar-refractivity contribution in [3.05, 3.63) is 83.6 Å². The van der Waals surface area contributed by atoms with Gasteiger partial charge in [0.25, 0.3) is 0 Å². The van der Waals surface area contributed by atoms with Gasteiger partial charge in [-0.15, -0.1) is 0 Å². The van der Waals surface area contributed by atoms with Gasteiger partial charge in [-0.3, -0.25) is 0 Å². The predicted octanol–water partition coefficient (Wildman–Crippen LogP) is 4.24. The number of nitrogens with two attached hydrogens (primary N) is 2. The number of fused-ring (bicyclic) bond motifs is 1. The molecule has 5 rings (SSSR count). The average molecular weight is 438 g/mol. The molecule has 3 aromatic heterocycles. The van der Waals surface area contributed by atoms with E-state index in [0.717, 1.165) is 27.9 Å². The van der Waals surface area contributed by atoms with Crippen molar-refractivity contribution >= 4 is 22.7 Å². The van der Waals surface area contributed by atoms with Gasteiger partial charge in [0.15, 0.2) is 11.5 Å². The zero-order valence-corrected chi connectivity index (χ0v) is 18.4. The molecule has 0 amide bonds. The fourth-order valence-corrected chi connectivity index (χ4v) is 3.71. The lowest BCUT2D eigenvalue weighted by molar-refractivity contribution is 0.295. The maximum Gasteiger partial charge on any atom is 0.227 e. The van der Waals surface area contributed by atoms with Crippen LogP contribution in [0.4, 0.5) is 11.6 Å². The molecule has 164 valence electrons. The molecule has 0 radical (unpaired) electrons. The van der Waals surface area contributed by atoms with Gasteiger partial charge in [0.2, 0.25) is 5.88 Å². The van der Waals surface area contributed by atoms with E-state index in [-0.39, 0.29) is 11.6 Å². The van der Waals surface area contributed by atoms with E-state index in [0.29, 0.717) is 29.5 Å². The number of para-hydroxylation sites is 1. The van der Waals surface area contributed by atoms with Crippen LogP contribution in [0, 0.1) is 13.8 Å². The van der Waals surface area contributed by atoms with Gasteiger partial charge in [-0.2, -0.15) is 10.1 Å². The van der Waals surface area contributed by atoms with E-state index in [1.165, 1.54) is 6.07 Å². The molecule has 4 N–H and O–H groups in total. The van der Waals surface area contributed by atoms with E-state index in [1.54, 1.807) is 0 Å². The van der Waals surface area contributed by atoms with Crippen LogP contribution in [0.5, 0.6) is 5.88 Å². The Hall–Kier alpha value is -4.46. The third kappa shape index (κ3) is 3.94. The standard InChI is InChI=1S/C25H23N7O/c1-15-8-6-7-9-17(15)14-33-25-20(23-28-21(26)13-22(27)29-23)12-19-16(2)31-32(24(19)30-25)18-10-4-3-5-11-18/h3-13H,14H2,1-2H3,(H4,26,27,28,29). The monoisotopic (exact) mass is 437 g/mol. The third-order valence-corrected chi connectivity index (χ3v) is 5.44. The van der Waals surface area contributed by atoms with Gasteiger partial charge in [-0.05, 0) is 43.2 Å². The summed E-state index contributed by atoms with van der Waals surface area (Å²) in [5, 5.41) is 5.57. The Morgan fingerprint density at radius 2 is 1.55 bits per heavy atom. The van der Waals surface area contributed by atoms with Crippen LogP contribution in [-0.4, -0.2) is 24.7 Å². The Kier molecular flexibility index (Phi) is 5.10. The first-order valence-electron chi connectivity index (χ1n) is 10.5. The highest BCUT2D eigenvalue weighted by atomic mass is 16.5. The number of hydrogen-bond donors (Lipinski definition) is 2. The highest BCUT2D eigenvalue weighted by Crippen LogP contribution is 2.33. The minimum absolute atomic E-state index is 0.277. The van der Waals surface area contributed by atoms with Crippen molar-refractivity contribution in [1.29, 1.82) is 0 Å². The van der Waals surface area contributed by atoms with Crippen LogP contribution in [0.1, 0.15) is 16.8 Å². The molecule has 0 spiro atoms. The van der Waals surface area contributed by atoms with Gasteiger partial charge in [0.1, 0.15) is 18.2 Å². The second kappa shape index (κ2) is 8.23. The quantitative estimate of drug-likeness (QED) is 0.422. The van der Waals surface area contributed by atoms with E-state index < -0.39 is 0 Å². The summed E-state index contributed by atoms with van der Waals surface area (Å²) in [6.07, 6.45) is 0. The fourth-order valence-electron chi connectivity index (χ4n) is 3.71. The number of aryl methyl sites for hydroxylation is 2. The average Bonchev–Trinajstić information content (AvgIpc) is 3.13. The van der Waals surface area contributed by atoms with Gasteiger partial charge in [-0.25, -0.2) is 14.6 Å². The van der Waals surface area contributed by atoms with Crippen LogP contribution in [-0.2, 0) is 6.61 Å². The molecule has 0 fully saturated rings. The maximum atomic E-state index is 6.23. The molecule has 0 aliphatic rings. The first-order chi connectivity index (χ1) is 16.0. The van der Waals surface area contributed by atoms with Crippen LogP contribution >= 0.6 is 0 Å². The number of anilines is 2. The second-order valence-electron chi connectivity index (χ2n) is 7.80. The number of nitrogens with zero attached hydrogens (tertiary/aromatic N) is 5. The molecule has 0 unspecified atom stereocenters. The molecule has 8 nitrogen and oxygen atoms in total. The number of nitrogen functional groups attached to an aromatic ring is 2. The summed E-state index contributed by atoms with van der Waals surface area (Å²) < 4.78 is 8.04. The normalized spacial score (nSPS) is 11.1. The predicted molar refractivity (Wildman–Crippen MR) is 129 cm³/mol. The molecule has 0 saturated heterocycles. The molecule has 0 atom stereocenters. The summed E-state index contributed by atoms with van der Waals surface area (Å²) in [5.74, 6) is 1.29. The lowest BCUT2D eigenvalue weighted by Gasteiger charge is -2.13. The van der Waals surface area contributed by atoms with Crippen LogP contribution < -0.4 is 16.2 Å².